The zero-order chi connectivity index (χ0) is 13.3. The molecule has 0 radical (unpaired) electrons. The molecule has 0 saturated carbocycles. The average molecular weight is 245 g/mol. The number of aryl methyl sites for hydroxylation is 1. The summed E-state index contributed by atoms with van der Waals surface area (Å²) >= 11 is 0. The van der Waals surface area contributed by atoms with E-state index in [0.717, 1.165) is 18.5 Å². The van der Waals surface area contributed by atoms with Crippen LogP contribution in [0.25, 0.3) is 10.9 Å². The minimum atomic E-state index is 0.140. The molecule has 0 aliphatic heterocycles. The molecule has 0 bridgehead atoms. The van der Waals surface area contributed by atoms with E-state index < -0.39 is 0 Å². The van der Waals surface area contributed by atoms with Gasteiger partial charge >= 0.3 is 0 Å². The van der Waals surface area contributed by atoms with E-state index in [-0.39, 0.29) is 11.5 Å². The zero-order valence-electron chi connectivity index (χ0n) is 11.8. The molecule has 0 fully saturated rings. The van der Waals surface area contributed by atoms with Crippen LogP contribution in [0.3, 0.4) is 0 Å². The molecule has 0 aliphatic rings. The van der Waals surface area contributed by atoms with Crippen molar-refractivity contribution in [3.05, 3.63) is 30.0 Å². The molecule has 3 heteroatoms. The first kappa shape index (κ1) is 13.1. The van der Waals surface area contributed by atoms with Gasteiger partial charge in [0.25, 0.3) is 0 Å². The normalized spacial score (nSPS) is 14.1. The standard InChI is InChI=1S/C15H23N3/c1-5-15(2,3)14(16)10-12-11-8-6-7-9-13(11)18(4)17-12/h6-9,14H,5,10,16H2,1-4H3. The van der Waals surface area contributed by atoms with Gasteiger partial charge in [0.15, 0.2) is 0 Å². The molecule has 3 nitrogen and oxygen atoms in total. The lowest BCUT2D eigenvalue weighted by molar-refractivity contribution is 0.271. The molecule has 1 heterocycles. The number of nitrogens with two attached hydrogens (primary N) is 1. The molecule has 1 aromatic carbocycles. The van der Waals surface area contributed by atoms with Crippen LogP contribution in [0.2, 0.25) is 0 Å². The van der Waals surface area contributed by atoms with Gasteiger partial charge in [0.2, 0.25) is 0 Å². The molecule has 2 rings (SSSR count). The molecule has 0 amide bonds. The largest absolute Gasteiger partial charge is 0.327 e. The van der Waals surface area contributed by atoms with Crippen LogP contribution in [0, 0.1) is 5.41 Å². The van der Waals surface area contributed by atoms with Crippen molar-refractivity contribution in [2.45, 2.75) is 39.7 Å². The van der Waals surface area contributed by atoms with E-state index in [1.54, 1.807) is 0 Å². The molecule has 1 atom stereocenters. The highest BCUT2D eigenvalue weighted by Crippen LogP contribution is 2.27. The smallest absolute Gasteiger partial charge is 0.0718 e. The molecule has 0 saturated heterocycles. The Morgan fingerprint density at radius 1 is 1.33 bits per heavy atom. The molecule has 98 valence electrons. The summed E-state index contributed by atoms with van der Waals surface area (Å²) in [4.78, 5) is 0. The Hall–Kier alpha value is -1.35. The first-order valence-corrected chi connectivity index (χ1v) is 6.62. The summed E-state index contributed by atoms with van der Waals surface area (Å²) in [7, 11) is 1.99. The van der Waals surface area contributed by atoms with Crippen LogP contribution in [0.1, 0.15) is 32.9 Å². The van der Waals surface area contributed by atoms with E-state index in [1.165, 1.54) is 10.9 Å². The van der Waals surface area contributed by atoms with E-state index in [1.807, 2.05) is 17.8 Å². The summed E-state index contributed by atoms with van der Waals surface area (Å²) in [5.41, 5.74) is 8.78. The van der Waals surface area contributed by atoms with E-state index in [0.29, 0.717) is 0 Å². The fourth-order valence-corrected chi connectivity index (χ4v) is 2.19. The van der Waals surface area contributed by atoms with Crippen LogP contribution < -0.4 is 5.73 Å². The Morgan fingerprint density at radius 2 is 2.00 bits per heavy atom. The third kappa shape index (κ3) is 2.27. The second-order valence-electron chi connectivity index (χ2n) is 5.74. The first-order valence-electron chi connectivity index (χ1n) is 6.62. The second-order valence-corrected chi connectivity index (χ2v) is 5.74. The quantitative estimate of drug-likeness (QED) is 0.900. The van der Waals surface area contributed by atoms with Crippen molar-refractivity contribution >= 4 is 10.9 Å². The molecule has 1 unspecified atom stereocenters. The Labute approximate surface area is 109 Å². The number of benzene rings is 1. The number of hydrogen-bond donors (Lipinski definition) is 1. The number of fused-ring (bicyclic) bond motifs is 1. The van der Waals surface area contributed by atoms with E-state index >= 15 is 0 Å². The summed E-state index contributed by atoms with van der Waals surface area (Å²) in [6.45, 7) is 6.64. The van der Waals surface area contributed by atoms with E-state index in [2.05, 4.69) is 44.1 Å². The number of hydrogen-bond acceptors (Lipinski definition) is 2. The van der Waals surface area contributed by atoms with Crippen molar-refractivity contribution in [1.82, 2.24) is 9.78 Å². The maximum Gasteiger partial charge on any atom is 0.0718 e. The van der Waals surface area contributed by atoms with Gasteiger partial charge in [-0.15, -0.1) is 0 Å². The molecular weight excluding hydrogens is 222 g/mol. The second kappa shape index (κ2) is 4.73. The Balaban J connectivity index is 2.33. The Bertz CT molecular complexity index is 540. The fourth-order valence-electron chi connectivity index (χ4n) is 2.19. The van der Waals surface area contributed by atoms with Crippen molar-refractivity contribution in [2.75, 3.05) is 0 Å². The molecule has 0 spiro atoms. The summed E-state index contributed by atoms with van der Waals surface area (Å²) in [6.07, 6.45) is 1.92. The molecule has 1 aromatic heterocycles. The SMILES string of the molecule is CCC(C)(C)C(N)Cc1nn(C)c2ccccc12. The van der Waals surface area contributed by atoms with Crippen molar-refractivity contribution in [3.63, 3.8) is 0 Å². The van der Waals surface area contributed by atoms with Crippen LogP contribution >= 0.6 is 0 Å². The monoisotopic (exact) mass is 245 g/mol. The molecular formula is C15H23N3. The lowest BCUT2D eigenvalue weighted by Gasteiger charge is -2.29. The predicted octanol–water partition coefficient (Wildman–Crippen LogP) is 2.88. The molecule has 18 heavy (non-hydrogen) atoms. The lowest BCUT2D eigenvalue weighted by atomic mass is 9.80. The van der Waals surface area contributed by atoms with Crippen LogP contribution in [-0.4, -0.2) is 15.8 Å². The third-order valence-corrected chi connectivity index (χ3v) is 4.16. The van der Waals surface area contributed by atoms with Gasteiger partial charge in [-0.25, -0.2) is 0 Å². The van der Waals surface area contributed by atoms with Crippen molar-refractivity contribution in [2.24, 2.45) is 18.2 Å². The van der Waals surface area contributed by atoms with E-state index in [4.69, 9.17) is 5.73 Å². The summed E-state index contributed by atoms with van der Waals surface area (Å²) in [5, 5.41) is 5.84. The minimum absolute atomic E-state index is 0.140. The van der Waals surface area contributed by atoms with Crippen LogP contribution in [0.4, 0.5) is 0 Å². The highest BCUT2D eigenvalue weighted by Gasteiger charge is 2.25. The Kier molecular flexibility index (Phi) is 3.44. The number of para-hydroxylation sites is 1. The van der Waals surface area contributed by atoms with Gasteiger partial charge in [0.05, 0.1) is 11.2 Å². The zero-order valence-corrected chi connectivity index (χ0v) is 11.8. The van der Waals surface area contributed by atoms with Gasteiger partial charge in [-0.3, -0.25) is 4.68 Å². The molecule has 0 aliphatic carbocycles. The highest BCUT2D eigenvalue weighted by molar-refractivity contribution is 5.81. The van der Waals surface area contributed by atoms with Crippen LogP contribution in [-0.2, 0) is 13.5 Å². The average Bonchev–Trinajstić information content (AvgIpc) is 2.67. The van der Waals surface area contributed by atoms with Crippen LogP contribution in [0.15, 0.2) is 24.3 Å². The first-order chi connectivity index (χ1) is 8.45. The molecule has 2 aromatic rings. The summed E-state index contributed by atoms with van der Waals surface area (Å²) in [5.74, 6) is 0. The summed E-state index contributed by atoms with van der Waals surface area (Å²) in [6, 6.07) is 8.47. The van der Waals surface area contributed by atoms with Crippen molar-refractivity contribution < 1.29 is 0 Å². The fraction of sp³-hybridized carbons (Fsp3) is 0.533. The van der Waals surface area contributed by atoms with Crippen molar-refractivity contribution in [1.29, 1.82) is 0 Å². The van der Waals surface area contributed by atoms with Gasteiger partial charge in [-0.05, 0) is 17.9 Å². The van der Waals surface area contributed by atoms with Gasteiger partial charge in [0, 0.05) is 24.9 Å². The van der Waals surface area contributed by atoms with Gasteiger partial charge < -0.3 is 5.73 Å². The highest BCUT2D eigenvalue weighted by atomic mass is 15.3. The van der Waals surface area contributed by atoms with Crippen LogP contribution in [0.5, 0.6) is 0 Å². The maximum atomic E-state index is 6.35. The van der Waals surface area contributed by atoms with Gasteiger partial charge in [-0.1, -0.05) is 39.0 Å². The number of rotatable bonds is 4. The molecule has 2 N–H and O–H groups in total. The number of nitrogens with zero attached hydrogens (tertiary/aromatic N) is 2. The lowest BCUT2D eigenvalue weighted by Crippen LogP contribution is -2.38. The number of aromatic nitrogens is 2. The third-order valence-electron chi connectivity index (χ3n) is 4.16. The van der Waals surface area contributed by atoms with Gasteiger partial charge in [0.1, 0.15) is 0 Å². The van der Waals surface area contributed by atoms with E-state index in [9.17, 15) is 0 Å². The van der Waals surface area contributed by atoms with Crippen molar-refractivity contribution in [3.8, 4) is 0 Å². The summed E-state index contributed by atoms with van der Waals surface area (Å²) < 4.78 is 1.94. The maximum absolute atomic E-state index is 6.35. The topological polar surface area (TPSA) is 43.8 Å². The van der Waals surface area contributed by atoms with Gasteiger partial charge in [-0.2, -0.15) is 5.10 Å². The minimum Gasteiger partial charge on any atom is -0.327 e. The Morgan fingerprint density at radius 3 is 2.67 bits per heavy atom. The predicted molar refractivity (Wildman–Crippen MR) is 76.5 cm³/mol.